The molecule has 8 aliphatic heterocycles. The van der Waals surface area contributed by atoms with Crippen molar-refractivity contribution < 1.29 is 47.9 Å². The Labute approximate surface area is 351 Å². The van der Waals surface area contributed by atoms with Crippen molar-refractivity contribution in [1.29, 1.82) is 0 Å². The van der Waals surface area contributed by atoms with Gasteiger partial charge in [0, 0.05) is 90.2 Å². The Morgan fingerprint density at radius 3 is 1.60 bits per heavy atom. The quantitative estimate of drug-likeness (QED) is 0.211. The summed E-state index contributed by atoms with van der Waals surface area (Å²) in [6.45, 7) is 15.8. The van der Waals surface area contributed by atoms with Gasteiger partial charge in [0.1, 0.15) is 12.6 Å². The smallest absolute Gasteiger partial charge is 0.232 e. The van der Waals surface area contributed by atoms with Crippen LogP contribution in [0.2, 0.25) is 0 Å². The molecular formula is C42H60N8O10. The normalized spacial score (nSPS) is 31.2. The Morgan fingerprint density at radius 1 is 0.567 bits per heavy atom. The number of carbonyl (C=O) groups is 10. The van der Waals surface area contributed by atoms with Crippen LogP contribution in [0.25, 0.3) is 0 Å². The van der Waals surface area contributed by atoms with Gasteiger partial charge in [-0.25, -0.2) is 0 Å². The van der Waals surface area contributed by atoms with Crippen molar-refractivity contribution in [3.8, 4) is 0 Å². The lowest BCUT2D eigenvalue weighted by Gasteiger charge is -2.27. The van der Waals surface area contributed by atoms with Gasteiger partial charge in [-0.3, -0.25) is 38.4 Å². The van der Waals surface area contributed by atoms with Gasteiger partial charge in [-0.1, -0.05) is 18.2 Å². The molecule has 60 heavy (non-hydrogen) atoms. The number of nitrogens with one attached hydrogen (secondary N) is 2. The van der Waals surface area contributed by atoms with E-state index in [2.05, 4.69) is 10.6 Å². The number of rotatable bonds is 9. The molecule has 18 nitrogen and oxygen atoms in total. The van der Waals surface area contributed by atoms with E-state index in [1.165, 1.54) is 4.90 Å². The fraction of sp³-hybridized carbons (Fsp3) is 0.667. The number of nitrogens with zero attached hydrogens (tertiary/aromatic N) is 6. The van der Waals surface area contributed by atoms with E-state index in [1.807, 2.05) is 69.6 Å². The highest BCUT2D eigenvalue weighted by Gasteiger charge is 2.53. The first-order chi connectivity index (χ1) is 28.5. The molecule has 0 aromatic carbocycles. The highest BCUT2D eigenvalue weighted by atomic mass is 16.2. The van der Waals surface area contributed by atoms with Crippen molar-refractivity contribution in [2.75, 3.05) is 66.0 Å². The van der Waals surface area contributed by atoms with Crippen molar-refractivity contribution in [3.05, 3.63) is 24.4 Å². The predicted octanol–water partition coefficient (Wildman–Crippen LogP) is -1.10. The van der Waals surface area contributed by atoms with E-state index in [9.17, 15) is 47.9 Å². The monoisotopic (exact) mass is 836 g/mol. The molecular weight excluding hydrogens is 777 g/mol. The van der Waals surface area contributed by atoms with Crippen LogP contribution in [-0.2, 0) is 47.9 Å². The van der Waals surface area contributed by atoms with E-state index in [1.54, 1.807) is 27.9 Å². The van der Waals surface area contributed by atoms with E-state index in [0.29, 0.717) is 65.1 Å². The van der Waals surface area contributed by atoms with Crippen LogP contribution in [0.1, 0.15) is 48.0 Å². The zero-order valence-corrected chi connectivity index (χ0v) is 35.7. The highest BCUT2D eigenvalue weighted by molar-refractivity contribution is 5.97. The maximum absolute atomic E-state index is 12.3. The average Bonchev–Trinajstić information content (AvgIpc) is 4.09. The first kappa shape index (κ1) is 45.7. The minimum atomic E-state index is -0.229. The number of aldehydes is 2. The van der Waals surface area contributed by atoms with Crippen LogP contribution in [0.3, 0.4) is 0 Å². The molecule has 0 aromatic rings. The molecule has 10 atom stereocenters. The number of likely N-dealkylation sites (tertiary alicyclic amines) is 6. The Balaban J connectivity index is 0.000000153. The number of hydrogen-bond donors (Lipinski definition) is 2. The van der Waals surface area contributed by atoms with Gasteiger partial charge in [0.25, 0.3) is 0 Å². The number of allylic oxidation sites excluding steroid dienone is 2. The summed E-state index contributed by atoms with van der Waals surface area (Å²) in [4.78, 5) is 125. The number of hydrogen-bond acceptors (Lipinski definition) is 10. The topological polar surface area (TPSA) is 214 Å². The van der Waals surface area contributed by atoms with E-state index in [-0.39, 0.29) is 119 Å². The molecule has 8 amide bonds. The van der Waals surface area contributed by atoms with Crippen LogP contribution in [0.5, 0.6) is 0 Å². The largest absolute Gasteiger partial charge is 0.355 e. The lowest BCUT2D eigenvalue weighted by molar-refractivity contribution is -0.134. The van der Waals surface area contributed by atoms with Crippen LogP contribution in [0.15, 0.2) is 24.4 Å². The lowest BCUT2D eigenvalue weighted by atomic mass is 10.00. The molecule has 0 spiro atoms. The molecule has 8 fully saturated rings. The molecule has 0 aromatic heterocycles. The molecule has 18 heteroatoms. The Bertz CT molecular complexity index is 1800. The summed E-state index contributed by atoms with van der Waals surface area (Å²) >= 11 is 0. The van der Waals surface area contributed by atoms with Gasteiger partial charge in [0.2, 0.25) is 47.3 Å². The summed E-state index contributed by atoms with van der Waals surface area (Å²) in [7, 11) is 1.76. The van der Waals surface area contributed by atoms with Gasteiger partial charge in [-0.05, 0) is 41.5 Å². The number of carbonyl (C=O) groups excluding carboxylic acids is 10. The van der Waals surface area contributed by atoms with E-state index in [0.717, 1.165) is 6.29 Å². The molecule has 8 aliphatic rings. The van der Waals surface area contributed by atoms with Gasteiger partial charge < -0.3 is 49.6 Å². The molecule has 8 heterocycles. The maximum atomic E-state index is 12.3. The van der Waals surface area contributed by atoms with Crippen molar-refractivity contribution in [2.24, 2.45) is 47.3 Å². The van der Waals surface area contributed by atoms with Crippen molar-refractivity contribution in [1.82, 2.24) is 40.0 Å². The minimum Gasteiger partial charge on any atom is -0.355 e. The molecule has 0 radical (unpaired) electrons. The van der Waals surface area contributed by atoms with E-state index >= 15 is 0 Å². The SMILES string of the molecule is C/C=C/C(C)N1CC2C(=O)N(C(C)C)CC2C1=O.C/C=C/N1CC2C(=O)N(C)CC2C1=O.CC(CC=O)N1CC2C(=O)NCC2C1=O.O=CCN1CC2C(=O)NCC2C1=O. The standard InChI is InChI=1S/C14H22N2O2.C10H14N2O3.C10H14N2O2.C8H10N2O3/c1-5-6-10(4)16-8-12-11(14(16)18)7-15(9(2)3)13(12)17;1-6(2-3-13)12-5-8-7(10(12)15)4-11-9(8)14;1-3-4-12-6-8-7(10(12)14)5-11(2)9(8)13;11-2-1-10-4-6-5(8(10)13)3-9-7(6)12/h5-6,9-12H,7-8H2,1-4H3;3,6-8H,2,4-5H2,1H3,(H,11,14);3-4,7-8H,5-6H2,1-2H3;2,5-6H,1,3-4H2,(H,9,12)/b6-5+;;4-3+;. The van der Waals surface area contributed by atoms with Crippen LogP contribution in [0.4, 0.5) is 0 Å². The summed E-state index contributed by atoms with van der Waals surface area (Å²) in [6, 6.07) is 0.194. The third kappa shape index (κ3) is 9.01. The molecule has 8 rings (SSSR count). The first-order valence-electron chi connectivity index (χ1n) is 20.9. The lowest BCUT2D eigenvalue weighted by Crippen LogP contribution is -2.41. The third-order valence-electron chi connectivity index (χ3n) is 13.0. The summed E-state index contributed by atoms with van der Waals surface area (Å²) < 4.78 is 0. The second-order valence-electron chi connectivity index (χ2n) is 17.0. The van der Waals surface area contributed by atoms with Crippen molar-refractivity contribution in [3.63, 3.8) is 0 Å². The second kappa shape index (κ2) is 19.3. The highest BCUT2D eigenvalue weighted by Crippen LogP contribution is 2.36. The van der Waals surface area contributed by atoms with Crippen LogP contribution >= 0.6 is 0 Å². The van der Waals surface area contributed by atoms with Crippen LogP contribution in [0, 0.1) is 47.3 Å². The third-order valence-corrected chi connectivity index (χ3v) is 13.0. The fourth-order valence-corrected chi connectivity index (χ4v) is 9.52. The average molecular weight is 837 g/mol. The maximum Gasteiger partial charge on any atom is 0.232 e. The molecule has 8 saturated heterocycles. The summed E-state index contributed by atoms with van der Waals surface area (Å²) in [5.41, 5.74) is 0. The summed E-state index contributed by atoms with van der Waals surface area (Å²) in [5.74, 6) is -0.989. The molecule has 2 N–H and O–H groups in total. The molecule has 0 aliphatic carbocycles. The predicted molar refractivity (Wildman–Crippen MR) is 215 cm³/mol. The van der Waals surface area contributed by atoms with Gasteiger partial charge in [-0.15, -0.1) is 0 Å². The van der Waals surface area contributed by atoms with Crippen LogP contribution in [-0.4, -0.2) is 173 Å². The number of amides is 8. The molecule has 328 valence electrons. The number of fused-ring (bicyclic) bond motifs is 4. The van der Waals surface area contributed by atoms with Crippen LogP contribution < -0.4 is 10.6 Å². The second-order valence-corrected chi connectivity index (χ2v) is 17.0. The fourth-order valence-electron chi connectivity index (χ4n) is 9.52. The Morgan fingerprint density at radius 2 is 1.08 bits per heavy atom. The van der Waals surface area contributed by atoms with E-state index < -0.39 is 0 Å². The zero-order chi connectivity index (χ0) is 44.2. The molecule has 10 unspecified atom stereocenters. The van der Waals surface area contributed by atoms with Gasteiger partial charge >= 0.3 is 0 Å². The Hall–Kier alpha value is -5.42. The van der Waals surface area contributed by atoms with Gasteiger partial charge in [-0.2, -0.15) is 0 Å². The van der Waals surface area contributed by atoms with E-state index in [4.69, 9.17) is 0 Å². The molecule has 0 bridgehead atoms. The minimum absolute atomic E-state index is 0.00713. The van der Waals surface area contributed by atoms with Crippen molar-refractivity contribution in [2.45, 2.75) is 66.1 Å². The molecule has 0 saturated carbocycles. The Kier molecular flexibility index (Phi) is 14.7. The first-order valence-corrected chi connectivity index (χ1v) is 20.9. The summed E-state index contributed by atoms with van der Waals surface area (Å²) in [5, 5.41) is 5.33. The van der Waals surface area contributed by atoms with Gasteiger partial charge in [0.05, 0.1) is 53.9 Å². The summed E-state index contributed by atoms with van der Waals surface area (Å²) in [6.07, 6.45) is 9.38. The zero-order valence-electron chi connectivity index (χ0n) is 35.7. The van der Waals surface area contributed by atoms with Crippen molar-refractivity contribution >= 4 is 59.8 Å². The van der Waals surface area contributed by atoms with Gasteiger partial charge in [0.15, 0.2) is 0 Å².